The van der Waals surface area contributed by atoms with Crippen LogP contribution >= 0.6 is 11.8 Å². The molecule has 3 atom stereocenters. The first kappa shape index (κ1) is 16.8. The number of hydrogen-bond donors (Lipinski definition) is 1. The highest BCUT2D eigenvalue weighted by Gasteiger charge is 2.44. The molecule has 2 amide bonds. The van der Waals surface area contributed by atoms with Crippen LogP contribution in [-0.2, 0) is 9.59 Å². The lowest BCUT2D eigenvalue weighted by molar-refractivity contribution is -0.143. The van der Waals surface area contributed by atoms with Gasteiger partial charge in [-0.15, -0.1) is 11.8 Å². The second kappa shape index (κ2) is 6.84. The maximum absolute atomic E-state index is 12.9. The van der Waals surface area contributed by atoms with Gasteiger partial charge in [0.15, 0.2) is 0 Å². The predicted molar refractivity (Wildman–Crippen MR) is 90.6 cm³/mol. The Bertz CT molecular complexity index is 651. The lowest BCUT2D eigenvalue weighted by Crippen LogP contribution is -2.50. The molecule has 7 heteroatoms. The van der Waals surface area contributed by atoms with Gasteiger partial charge in [-0.2, -0.15) is 0 Å². The quantitative estimate of drug-likeness (QED) is 0.896. The fourth-order valence-electron chi connectivity index (χ4n) is 3.37. The van der Waals surface area contributed by atoms with Crippen molar-refractivity contribution in [1.82, 2.24) is 9.80 Å². The first-order valence-corrected chi connectivity index (χ1v) is 9.13. The molecule has 0 radical (unpaired) electrons. The van der Waals surface area contributed by atoms with Crippen molar-refractivity contribution >= 4 is 29.5 Å². The van der Waals surface area contributed by atoms with E-state index in [-0.39, 0.29) is 17.9 Å². The number of likely N-dealkylation sites (tertiary alicyclic amines) is 1. The highest BCUT2D eigenvalue weighted by Crippen LogP contribution is 2.30. The van der Waals surface area contributed by atoms with E-state index < -0.39 is 17.9 Å². The number of benzene rings is 1. The number of aliphatic carboxylic acids is 1. The number of hydrogen-bond acceptors (Lipinski definition) is 4. The van der Waals surface area contributed by atoms with Gasteiger partial charge in [0.25, 0.3) is 5.91 Å². The van der Waals surface area contributed by atoms with Gasteiger partial charge in [-0.3, -0.25) is 14.4 Å². The number of thioether (sulfide) groups is 1. The maximum atomic E-state index is 12.9. The van der Waals surface area contributed by atoms with Crippen molar-refractivity contribution in [2.75, 3.05) is 18.2 Å². The van der Waals surface area contributed by atoms with Crippen LogP contribution in [0.15, 0.2) is 30.3 Å². The average Bonchev–Trinajstić information content (AvgIpc) is 3.21. The molecular formula is C17H20N2O4S. The molecule has 0 saturated carbocycles. The second-order valence-electron chi connectivity index (χ2n) is 6.16. The third kappa shape index (κ3) is 3.00. The normalized spacial score (nSPS) is 26.6. The Morgan fingerprint density at radius 1 is 1.17 bits per heavy atom. The topological polar surface area (TPSA) is 77.9 Å². The summed E-state index contributed by atoms with van der Waals surface area (Å²) in [4.78, 5) is 40.1. The fourth-order valence-corrected chi connectivity index (χ4v) is 4.51. The zero-order chi connectivity index (χ0) is 17.3. The van der Waals surface area contributed by atoms with E-state index in [1.54, 1.807) is 52.8 Å². The summed E-state index contributed by atoms with van der Waals surface area (Å²) in [5.41, 5.74) is 0.565. The van der Waals surface area contributed by atoms with E-state index >= 15 is 0 Å². The standard InChI is InChI=1S/C17H20N2O4S/c1-11-13(17(22)23)7-8-18(11)16(21)14-9-24-10-19(14)15(20)12-5-3-2-4-6-12/h2-6,11,13-14H,7-10H2,1H3,(H,22,23). The molecule has 0 aliphatic carbocycles. The SMILES string of the molecule is CC1C(C(=O)O)CCN1C(=O)C1CSCN1C(=O)c1ccccc1. The Hall–Kier alpha value is -2.02. The largest absolute Gasteiger partial charge is 0.481 e. The van der Waals surface area contributed by atoms with Gasteiger partial charge in [-0.1, -0.05) is 18.2 Å². The van der Waals surface area contributed by atoms with E-state index in [1.165, 1.54) is 0 Å². The van der Waals surface area contributed by atoms with Crippen LogP contribution in [0.25, 0.3) is 0 Å². The molecule has 1 N–H and O–H groups in total. The minimum Gasteiger partial charge on any atom is -0.481 e. The van der Waals surface area contributed by atoms with Crippen molar-refractivity contribution in [3.8, 4) is 0 Å². The third-order valence-electron chi connectivity index (χ3n) is 4.80. The van der Waals surface area contributed by atoms with Crippen LogP contribution in [0.4, 0.5) is 0 Å². The van der Waals surface area contributed by atoms with Crippen LogP contribution in [-0.4, -0.2) is 62.9 Å². The molecule has 1 aromatic rings. The zero-order valence-electron chi connectivity index (χ0n) is 13.4. The van der Waals surface area contributed by atoms with Crippen molar-refractivity contribution in [2.24, 2.45) is 5.92 Å². The minimum absolute atomic E-state index is 0.138. The fraction of sp³-hybridized carbons (Fsp3) is 0.471. The number of carbonyl (C=O) groups excluding carboxylic acids is 2. The third-order valence-corrected chi connectivity index (χ3v) is 5.82. The van der Waals surface area contributed by atoms with E-state index in [1.807, 2.05) is 6.07 Å². The van der Waals surface area contributed by atoms with Gasteiger partial charge in [-0.25, -0.2) is 0 Å². The summed E-state index contributed by atoms with van der Waals surface area (Å²) in [6.07, 6.45) is 0.467. The van der Waals surface area contributed by atoms with Gasteiger partial charge in [0.1, 0.15) is 6.04 Å². The first-order chi connectivity index (χ1) is 11.5. The lowest BCUT2D eigenvalue weighted by Gasteiger charge is -2.30. The monoisotopic (exact) mass is 348 g/mol. The Balaban J connectivity index is 1.75. The van der Waals surface area contributed by atoms with E-state index in [0.717, 1.165) is 0 Å². The molecule has 24 heavy (non-hydrogen) atoms. The Labute approximate surface area is 144 Å². The molecule has 3 unspecified atom stereocenters. The van der Waals surface area contributed by atoms with Crippen LogP contribution in [0.3, 0.4) is 0 Å². The van der Waals surface area contributed by atoms with Gasteiger partial charge in [0.2, 0.25) is 5.91 Å². The summed E-state index contributed by atoms with van der Waals surface area (Å²) in [6.45, 7) is 2.21. The minimum atomic E-state index is -0.865. The molecule has 3 rings (SSSR count). The zero-order valence-corrected chi connectivity index (χ0v) is 14.2. The molecular weight excluding hydrogens is 328 g/mol. The summed E-state index contributed by atoms with van der Waals surface area (Å²) < 4.78 is 0. The van der Waals surface area contributed by atoms with E-state index in [9.17, 15) is 19.5 Å². The molecule has 0 spiro atoms. The maximum Gasteiger partial charge on any atom is 0.308 e. The van der Waals surface area contributed by atoms with Crippen molar-refractivity contribution in [3.05, 3.63) is 35.9 Å². The number of carboxylic acid groups (broad SMARTS) is 1. The molecule has 1 aromatic carbocycles. The summed E-state index contributed by atoms with van der Waals surface area (Å²) >= 11 is 1.55. The summed E-state index contributed by atoms with van der Waals surface area (Å²) in [6, 6.07) is 8.07. The predicted octanol–water partition coefficient (Wildman–Crippen LogP) is 1.52. The summed E-state index contributed by atoms with van der Waals surface area (Å²) in [5, 5.41) is 9.23. The molecule has 0 bridgehead atoms. The number of carbonyl (C=O) groups is 3. The molecule has 2 saturated heterocycles. The highest BCUT2D eigenvalue weighted by molar-refractivity contribution is 7.99. The van der Waals surface area contributed by atoms with Gasteiger partial charge in [0, 0.05) is 23.9 Å². The van der Waals surface area contributed by atoms with E-state index in [4.69, 9.17) is 0 Å². The molecule has 2 aliphatic heterocycles. The van der Waals surface area contributed by atoms with Crippen LogP contribution in [0.1, 0.15) is 23.7 Å². The summed E-state index contributed by atoms with van der Waals surface area (Å²) in [7, 11) is 0. The Morgan fingerprint density at radius 3 is 2.50 bits per heavy atom. The van der Waals surface area contributed by atoms with Gasteiger partial charge >= 0.3 is 5.97 Å². The first-order valence-electron chi connectivity index (χ1n) is 7.97. The van der Waals surface area contributed by atoms with E-state index in [2.05, 4.69) is 0 Å². The number of amides is 2. The average molecular weight is 348 g/mol. The van der Waals surface area contributed by atoms with Crippen molar-refractivity contribution < 1.29 is 19.5 Å². The van der Waals surface area contributed by atoms with Crippen molar-refractivity contribution in [2.45, 2.75) is 25.4 Å². The summed E-state index contributed by atoms with van der Waals surface area (Å²) in [5.74, 6) is -0.647. The number of rotatable bonds is 3. The van der Waals surface area contributed by atoms with Gasteiger partial charge < -0.3 is 14.9 Å². The van der Waals surface area contributed by atoms with Crippen LogP contribution < -0.4 is 0 Å². The van der Waals surface area contributed by atoms with E-state index in [0.29, 0.717) is 30.2 Å². The number of carboxylic acids is 1. The Morgan fingerprint density at radius 2 is 1.88 bits per heavy atom. The molecule has 0 aromatic heterocycles. The molecule has 2 fully saturated rings. The molecule has 128 valence electrons. The van der Waals surface area contributed by atoms with Crippen LogP contribution in [0.5, 0.6) is 0 Å². The van der Waals surface area contributed by atoms with Crippen LogP contribution in [0, 0.1) is 5.92 Å². The second-order valence-corrected chi connectivity index (χ2v) is 7.16. The van der Waals surface area contributed by atoms with Crippen molar-refractivity contribution in [3.63, 3.8) is 0 Å². The smallest absolute Gasteiger partial charge is 0.308 e. The highest BCUT2D eigenvalue weighted by atomic mass is 32.2. The Kier molecular flexibility index (Phi) is 4.80. The van der Waals surface area contributed by atoms with Crippen LogP contribution in [0.2, 0.25) is 0 Å². The van der Waals surface area contributed by atoms with Crippen molar-refractivity contribution in [1.29, 1.82) is 0 Å². The lowest BCUT2D eigenvalue weighted by atomic mass is 10.0. The number of nitrogens with zero attached hydrogens (tertiary/aromatic N) is 2. The van der Waals surface area contributed by atoms with Gasteiger partial charge in [-0.05, 0) is 25.5 Å². The van der Waals surface area contributed by atoms with Gasteiger partial charge in [0.05, 0.1) is 11.8 Å². The molecule has 2 aliphatic rings. The molecule has 2 heterocycles. The molecule has 6 nitrogen and oxygen atoms in total.